The summed E-state index contributed by atoms with van der Waals surface area (Å²) in [5, 5.41) is 10.1. The fourth-order valence-corrected chi connectivity index (χ4v) is 3.16. The molecule has 146 valence electrons. The molecule has 3 rings (SSSR count). The molecule has 0 bridgehead atoms. The Morgan fingerprint density at radius 2 is 2.14 bits per heavy atom. The lowest BCUT2D eigenvalue weighted by Crippen LogP contribution is -2.37. The molecule has 1 amide bonds. The first-order valence-electron chi connectivity index (χ1n) is 8.08. The number of anilines is 1. The first-order chi connectivity index (χ1) is 13.3. The molecule has 0 spiro atoms. The van der Waals surface area contributed by atoms with E-state index in [1.807, 2.05) is 0 Å². The van der Waals surface area contributed by atoms with Crippen LogP contribution in [0.1, 0.15) is 27.2 Å². The summed E-state index contributed by atoms with van der Waals surface area (Å²) in [7, 11) is 0. The number of alkyl halides is 3. The highest BCUT2D eigenvalue weighted by Gasteiger charge is 2.35. The molecule has 0 radical (unpaired) electrons. The number of carbonyl (C=O) groups excluding carboxylic acids is 1. The van der Waals surface area contributed by atoms with Crippen LogP contribution in [0.3, 0.4) is 0 Å². The maximum absolute atomic E-state index is 13.0. The van der Waals surface area contributed by atoms with Crippen LogP contribution in [-0.4, -0.2) is 39.7 Å². The van der Waals surface area contributed by atoms with Crippen molar-refractivity contribution in [2.45, 2.75) is 19.1 Å². The molecule has 7 nitrogen and oxygen atoms in total. The monoisotopic (exact) mass is 410 g/mol. The third-order valence-electron chi connectivity index (χ3n) is 4.15. The molecular weight excluding hydrogens is 397 g/mol. The molecule has 28 heavy (non-hydrogen) atoms. The third-order valence-corrected chi connectivity index (χ3v) is 4.56. The van der Waals surface area contributed by atoms with Crippen molar-refractivity contribution in [1.29, 1.82) is 5.41 Å². The Morgan fingerprint density at radius 1 is 1.36 bits per heavy atom. The Labute approximate surface area is 162 Å². The summed E-state index contributed by atoms with van der Waals surface area (Å²) in [5.74, 6) is -0.149. The summed E-state index contributed by atoms with van der Waals surface area (Å²) in [4.78, 5) is 22.4. The van der Waals surface area contributed by atoms with Gasteiger partial charge in [-0.05, 0) is 18.6 Å². The minimum absolute atomic E-state index is 0.103. The van der Waals surface area contributed by atoms with Crippen LogP contribution in [0, 0.1) is 5.41 Å². The molecule has 1 aliphatic rings. The van der Waals surface area contributed by atoms with Gasteiger partial charge in [-0.25, -0.2) is 9.97 Å². The van der Waals surface area contributed by atoms with Gasteiger partial charge in [0, 0.05) is 18.3 Å². The number of hydrogen-bond donors (Lipinski definition) is 2. The number of amides is 1. The van der Waals surface area contributed by atoms with Crippen molar-refractivity contribution in [2.24, 2.45) is 5.10 Å². The minimum atomic E-state index is -4.65. The van der Waals surface area contributed by atoms with E-state index in [0.717, 1.165) is 23.9 Å². The van der Waals surface area contributed by atoms with Gasteiger partial charge in [0.15, 0.2) is 5.82 Å². The van der Waals surface area contributed by atoms with E-state index in [1.165, 1.54) is 23.5 Å². The lowest BCUT2D eigenvalue weighted by molar-refractivity contribution is -0.137. The highest BCUT2D eigenvalue weighted by molar-refractivity contribution is 6.34. The predicted molar refractivity (Wildman–Crippen MR) is 97.8 cm³/mol. The van der Waals surface area contributed by atoms with E-state index in [4.69, 9.17) is 17.0 Å². The number of hydrazone groups is 1. The Hall–Kier alpha value is -3.01. The molecule has 1 aliphatic heterocycles. The van der Waals surface area contributed by atoms with E-state index in [1.54, 1.807) is 0 Å². The van der Waals surface area contributed by atoms with Gasteiger partial charge in [0.2, 0.25) is 0 Å². The number of rotatable bonds is 4. The average Bonchev–Trinajstić information content (AvgIpc) is 2.66. The second kappa shape index (κ2) is 7.93. The summed E-state index contributed by atoms with van der Waals surface area (Å²) in [6, 6.07) is 3.27. The number of halogens is 4. The van der Waals surface area contributed by atoms with Gasteiger partial charge in [0.1, 0.15) is 6.33 Å². The summed E-state index contributed by atoms with van der Waals surface area (Å²) in [6.45, 7) is 0.362. The quantitative estimate of drug-likeness (QED) is 0.596. The van der Waals surface area contributed by atoms with E-state index in [2.05, 4.69) is 20.5 Å². The van der Waals surface area contributed by atoms with Gasteiger partial charge in [-0.2, -0.15) is 18.3 Å². The van der Waals surface area contributed by atoms with Crippen LogP contribution < -0.4 is 5.43 Å². The maximum atomic E-state index is 13.0. The molecule has 2 aromatic rings. The summed E-state index contributed by atoms with van der Waals surface area (Å²) < 4.78 is 39.1. The number of aromatic nitrogens is 2. The molecule has 0 atom stereocenters. The second-order valence-corrected chi connectivity index (χ2v) is 6.22. The smallest absolute Gasteiger partial charge is 0.332 e. The Kier molecular flexibility index (Phi) is 5.59. The van der Waals surface area contributed by atoms with Gasteiger partial charge < -0.3 is 10.3 Å². The fraction of sp³-hybridized carbons (Fsp3) is 0.235. The standard InChI is InChI=1S/C17H14ClF3N6O/c18-14-11(2-1-3-12(14)17(19,20)21)16(28)27-7-4-10-13(8-27)23-9-24-15(10)26-25-6-5-22/h1-3,5-6,9,22H,4,7-8H2,(H,23,24,26)/b22-5?,25-6-. The van der Waals surface area contributed by atoms with Gasteiger partial charge >= 0.3 is 6.18 Å². The Morgan fingerprint density at radius 3 is 2.86 bits per heavy atom. The molecule has 1 aromatic carbocycles. The molecule has 11 heteroatoms. The highest BCUT2D eigenvalue weighted by atomic mass is 35.5. The zero-order valence-electron chi connectivity index (χ0n) is 14.3. The lowest BCUT2D eigenvalue weighted by atomic mass is 10.0. The van der Waals surface area contributed by atoms with Crippen molar-refractivity contribution >= 4 is 35.8 Å². The van der Waals surface area contributed by atoms with E-state index >= 15 is 0 Å². The first-order valence-corrected chi connectivity index (χ1v) is 8.46. The Bertz CT molecular complexity index is 947. The van der Waals surface area contributed by atoms with Gasteiger partial charge in [-0.1, -0.05) is 17.7 Å². The number of benzene rings is 1. The predicted octanol–water partition coefficient (Wildman–Crippen LogP) is 3.39. The van der Waals surface area contributed by atoms with Crippen LogP contribution in [0.15, 0.2) is 29.6 Å². The zero-order valence-corrected chi connectivity index (χ0v) is 15.1. The number of fused-ring (bicyclic) bond motifs is 1. The van der Waals surface area contributed by atoms with Crippen LogP contribution in [0.5, 0.6) is 0 Å². The molecule has 0 saturated carbocycles. The van der Waals surface area contributed by atoms with Crippen LogP contribution in [-0.2, 0) is 19.1 Å². The summed E-state index contributed by atoms with van der Waals surface area (Å²) in [5.41, 5.74) is 2.76. The van der Waals surface area contributed by atoms with E-state index in [9.17, 15) is 18.0 Å². The highest BCUT2D eigenvalue weighted by Crippen LogP contribution is 2.37. The topological polar surface area (TPSA) is 94.3 Å². The van der Waals surface area contributed by atoms with Crippen LogP contribution in [0.4, 0.5) is 19.0 Å². The molecule has 0 fully saturated rings. The van der Waals surface area contributed by atoms with Crippen molar-refractivity contribution in [2.75, 3.05) is 12.0 Å². The molecule has 2 N–H and O–H groups in total. The average molecular weight is 411 g/mol. The zero-order chi connectivity index (χ0) is 20.3. The van der Waals surface area contributed by atoms with Crippen molar-refractivity contribution in [3.8, 4) is 0 Å². The Balaban J connectivity index is 1.85. The van der Waals surface area contributed by atoms with Crippen molar-refractivity contribution in [1.82, 2.24) is 14.9 Å². The van der Waals surface area contributed by atoms with Gasteiger partial charge in [0.25, 0.3) is 5.91 Å². The third kappa shape index (κ3) is 3.96. The summed E-state index contributed by atoms with van der Waals surface area (Å²) in [6.07, 6.45) is -0.720. The van der Waals surface area contributed by atoms with Gasteiger partial charge in [0.05, 0.1) is 34.6 Å². The van der Waals surface area contributed by atoms with E-state index < -0.39 is 22.7 Å². The molecule has 0 unspecified atom stereocenters. The van der Waals surface area contributed by atoms with Gasteiger partial charge in [-0.15, -0.1) is 0 Å². The summed E-state index contributed by atoms with van der Waals surface area (Å²) >= 11 is 5.87. The first kappa shape index (κ1) is 19.7. The molecular formula is C17H14ClF3N6O. The minimum Gasteiger partial charge on any atom is -0.332 e. The fourth-order valence-electron chi connectivity index (χ4n) is 2.85. The van der Waals surface area contributed by atoms with Crippen LogP contribution in [0.25, 0.3) is 0 Å². The number of nitrogens with zero attached hydrogens (tertiary/aromatic N) is 4. The number of nitrogens with one attached hydrogen (secondary N) is 2. The van der Waals surface area contributed by atoms with Crippen molar-refractivity contribution in [3.05, 3.63) is 51.9 Å². The molecule has 2 heterocycles. The lowest BCUT2D eigenvalue weighted by Gasteiger charge is -2.29. The second-order valence-electron chi connectivity index (χ2n) is 5.85. The van der Waals surface area contributed by atoms with Crippen LogP contribution >= 0.6 is 11.6 Å². The van der Waals surface area contributed by atoms with E-state index in [-0.39, 0.29) is 18.7 Å². The van der Waals surface area contributed by atoms with Crippen molar-refractivity contribution < 1.29 is 18.0 Å². The van der Waals surface area contributed by atoms with Crippen LogP contribution in [0.2, 0.25) is 5.02 Å². The molecule has 1 aromatic heterocycles. The molecule has 0 saturated heterocycles. The number of hydrogen-bond acceptors (Lipinski definition) is 6. The van der Waals surface area contributed by atoms with E-state index in [0.29, 0.717) is 17.9 Å². The SMILES string of the molecule is N=C/C=N\Nc1ncnc2c1CCN(C(=O)c1cccc(C(F)(F)F)c1Cl)C2. The maximum Gasteiger partial charge on any atom is 0.417 e. The number of carbonyl (C=O) groups is 1. The molecule has 0 aliphatic carbocycles. The largest absolute Gasteiger partial charge is 0.417 e. The normalized spacial score (nSPS) is 14.1. The van der Waals surface area contributed by atoms with Gasteiger partial charge in [-0.3, -0.25) is 10.2 Å². The van der Waals surface area contributed by atoms with Crippen molar-refractivity contribution in [3.63, 3.8) is 0 Å².